The lowest BCUT2D eigenvalue weighted by Gasteiger charge is -2.08. The number of esters is 2. The molecule has 0 saturated carbocycles. The summed E-state index contributed by atoms with van der Waals surface area (Å²) < 4.78 is 10.5. The smallest absolute Gasteiger partial charge is 0.306 e. The van der Waals surface area contributed by atoms with E-state index in [1.807, 2.05) is 25.1 Å². The van der Waals surface area contributed by atoms with E-state index in [4.69, 9.17) is 21.1 Å². The van der Waals surface area contributed by atoms with E-state index in [1.54, 1.807) is 0 Å². The van der Waals surface area contributed by atoms with Crippen molar-refractivity contribution in [3.05, 3.63) is 34.3 Å². The van der Waals surface area contributed by atoms with Gasteiger partial charge < -0.3 is 9.47 Å². The second-order valence-electron chi connectivity index (χ2n) is 6.93. The van der Waals surface area contributed by atoms with Crippen LogP contribution in [0.4, 0.5) is 0 Å². The van der Waals surface area contributed by atoms with Gasteiger partial charge in [-0.1, -0.05) is 56.7 Å². The zero-order chi connectivity index (χ0) is 19.9. The van der Waals surface area contributed by atoms with E-state index >= 15 is 0 Å². The summed E-state index contributed by atoms with van der Waals surface area (Å²) in [6, 6.07) is 5.57. The second-order valence-corrected chi connectivity index (χ2v) is 7.36. The van der Waals surface area contributed by atoms with Crippen molar-refractivity contribution in [2.45, 2.75) is 84.7 Å². The van der Waals surface area contributed by atoms with E-state index in [0.29, 0.717) is 31.1 Å². The van der Waals surface area contributed by atoms with Crippen LogP contribution in [0.15, 0.2) is 18.2 Å². The van der Waals surface area contributed by atoms with Crippen LogP contribution in [0.2, 0.25) is 5.02 Å². The maximum Gasteiger partial charge on any atom is 0.306 e. The van der Waals surface area contributed by atoms with Gasteiger partial charge in [0, 0.05) is 17.9 Å². The van der Waals surface area contributed by atoms with E-state index < -0.39 is 0 Å². The van der Waals surface area contributed by atoms with Crippen molar-refractivity contribution in [3.63, 3.8) is 0 Å². The summed E-state index contributed by atoms with van der Waals surface area (Å²) in [6.07, 6.45) is 8.88. The zero-order valence-corrected chi connectivity index (χ0v) is 17.5. The Morgan fingerprint density at radius 1 is 0.889 bits per heavy atom. The van der Waals surface area contributed by atoms with Gasteiger partial charge in [0.05, 0.1) is 6.61 Å². The predicted octanol–water partition coefficient (Wildman–Crippen LogP) is 6.16. The number of unbranched alkanes of at least 4 members (excludes halogenated alkanes) is 6. The lowest BCUT2D eigenvalue weighted by atomic mass is 10.1. The van der Waals surface area contributed by atoms with Gasteiger partial charge in [-0.15, -0.1) is 0 Å². The fourth-order valence-corrected chi connectivity index (χ4v) is 2.93. The molecule has 27 heavy (non-hydrogen) atoms. The van der Waals surface area contributed by atoms with E-state index in [0.717, 1.165) is 62.5 Å². The van der Waals surface area contributed by atoms with Crippen molar-refractivity contribution in [1.82, 2.24) is 0 Å². The summed E-state index contributed by atoms with van der Waals surface area (Å²) in [4.78, 5) is 23.3. The molecular weight excluding hydrogens is 364 g/mol. The SMILES string of the molecule is CCCCOC(=O)CCCCCCCCC(=O)OCc1ccc(Cl)cc1C. The standard InChI is InChI=1S/C22H33ClO4/c1-3-4-15-26-21(24)11-9-7-5-6-8-10-12-22(25)27-17-19-13-14-20(23)16-18(19)2/h13-14,16H,3-12,15,17H2,1-2H3. The molecule has 0 fully saturated rings. The first-order valence-electron chi connectivity index (χ1n) is 10.1. The Morgan fingerprint density at radius 3 is 2.07 bits per heavy atom. The monoisotopic (exact) mass is 396 g/mol. The molecule has 0 saturated heterocycles. The number of halogens is 1. The van der Waals surface area contributed by atoms with Gasteiger partial charge in [0.2, 0.25) is 0 Å². The van der Waals surface area contributed by atoms with Crippen LogP contribution in [-0.2, 0) is 25.7 Å². The van der Waals surface area contributed by atoms with E-state index in [-0.39, 0.29) is 11.9 Å². The Labute approximate surface area is 168 Å². The second kappa shape index (κ2) is 14.5. The summed E-state index contributed by atoms with van der Waals surface area (Å²) >= 11 is 5.92. The van der Waals surface area contributed by atoms with Crippen molar-refractivity contribution in [2.24, 2.45) is 0 Å². The Kier molecular flexibility index (Phi) is 12.6. The van der Waals surface area contributed by atoms with Crippen molar-refractivity contribution in [3.8, 4) is 0 Å². The summed E-state index contributed by atoms with van der Waals surface area (Å²) in [6.45, 7) is 4.88. The average Bonchev–Trinajstić information content (AvgIpc) is 2.63. The number of carbonyl (C=O) groups is 2. The highest BCUT2D eigenvalue weighted by atomic mass is 35.5. The Morgan fingerprint density at radius 2 is 1.48 bits per heavy atom. The molecule has 0 amide bonds. The van der Waals surface area contributed by atoms with E-state index in [1.165, 1.54) is 0 Å². The van der Waals surface area contributed by atoms with Gasteiger partial charge in [-0.05, 0) is 49.4 Å². The first kappa shape index (κ1) is 23.5. The predicted molar refractivity (Wildman–Crippen MR) is 109 cm³/mol. The third-order valence-corrected chi connectivity index (χ3v) is 4.70. The fourth-order valence-electron chi connectivity index (χ4n) is 2.70. The van der Waals surface area contributed by atoms with Crippen LogP contribution < -0.4 is 0 Å². The molecule has 1 aromatic rings. The summed E-state index contributed by atoms with van der Waals surface area (Å²) in [5, 5.41) is 0.691. The number of rotatable bonds is 14. The molecule has 0 unspecified atom stereocenters. The third kappa shape index (κ3) is 11.7. The van der Waals surface area contributed by atoms with Gasteiger partial charge in [-0.25, -0.2) is 0 Å². The topological polar surface area (TPSA) is 52.6 Å². The lowest BCUT2D eigenvalue weighted by Crippen LogP contribution is -2.05. The van der Waals surface area contributed by atoms with Crippen molar-refractivity contribution >= 4 is 23.5 Å². The number of hydrogen-bond donors (Lipinski definition) is 0. The largest absolute Gasteiger partial charge is 0.466 e. The maximum absolute atomic E-state index is 11.8. The fraction of sp³-hybridized carbons (Fsp3) is 0.636. The molecule has 0 N–H and O–H groups in total. The van der Waals surface area contributed by atoms with Gasteiger partial charge in [0.15, 0.2) is 0 Å². The van der Waals surface area contributed by atoms with Gasteiger partial charge in [-0.3, -0.25) is 9.59 Å². The highest BCUT2D eigenvalue weighted by Crippen LogP contribution is 2.16. The molecule has 5 heteroatoms. The molecule has 0 heterocycles. The summed E-state index contributed by atoms with van der Waals surface area (Å²) in [5.74, 6) is -0.235. The molecule has 0 spiro atoms. The number of benzene rings is 1. The van der Waals surface area contributed by atoms with Gasteiger partial charge >= 0.3 is 11.9 Å². The molecule has 0 atom stereocenters. The minimum absolute atomic E-state index is 0.0814. The minimum atomic E-state index is -0.154. The van der Waals surface area contributed by atoms with Crippen molar-refractivity contribution in [1.29, 1.82) is 0 Å². The van der Waals surface area contributed by atoms with Crippen LogP contribution in [0.5, 0.6) is 0 Å². The number of carbonyl (C=O) groups excluding carboxylic acids is 2. The van der Waals surface area contributed by atoms with Gasteiger partial charge in [-0.2, -0.15) is 0 Å². The molecule has 152 valence electrons. The molecule has 0 bridgehead atoms. The number of ether oxygens (including phenoxy) is 2. The maximum atomic E-state index is 11.8. The Balaban J connectivity index is 1.97. The number of hydrogen-bond acceptors (Lipinski definition) is 4. The van der Waals surface area contributed by atoms with Crippen LogP contribution in [-0.4, -0.2) is 18.5 Å². The third-order valence-electron chi connectivity index (χ3n) is 4.47. The highest BCUT2D eigenvalue weighted by molar-refractivity contribution is 6.30. The number of aryl methyl sites for hydroxylation is 1. The van der Waals surface area contributed by atoms with E-state index in [9.17, 15) is 9.59 Å². The first-order valence-corrected chi connectivity index (χ1v) is 10.5. The minimum Gasteiger partial charge on any atom is -0.466 e. The average molecular weight is 397 g/mol. The quantitative estimate of drug-likeness (QED) is 0.279. The lowest BCUT2D eigenvalue weighted by molar-refractivity contribution is -0.145. The normalized spacial score (nSPS) is 10.6. The molecule has 0 aliphatic rings. The Hall–Kier alpha value is -1.55. The highest BCUT2D eigenvalue weighted by Gasteiger charge is 2.06. The first-order chi connectivity index (χ1) is 13.0. The molecule has 1 aromatic carbocycles. The molecule has 0 aliphatic carbocycles. The molecule has 4 nitrogen and oxygen atoms in total. The van der Waals surface area contributed by atoms with Crippen LogP contribution in [0.3, 0.4) is 0 Å². The molecular formula is C22H33ClO4. The van der Waals surface area contributed by atoms with Crippen molar-refractivity contribution < 1.29 is 19.1 Å². The van der Waals surface area contributed by atoms with Crippen LogP contribution in [0, 0.1) is 6.92 Å². The van der Waals surface area contributed by atoms with Gasteiger partial charge in [0.1, 0.15) is 6.61 Å². The molecule has 0 aliphatic heterocycles. The van der Waals surface area contributed by atoms with Crippen molar-refractivity contribution in [2.75, 3.05) is 6.61 Å². The van der Waals surface area contributed by atoms with Crippen LogP contribution in [0.25, 0.3) is 0 Å². The zero-order valence-electron chi connectivity index (χ0n) is 16.7. The molecule has 0 aromatic heterocycles. The molecule has 0 radical (unpaired) electrons. The summed E-state index contributed by atoms with van der Waals surface area (Å²) in [5.41, 5.74) is 2.02. The Bertz CT molecular complexity index is 571. The van der Waals surface area contributed by atoms with E-state index in [2.05, 4.69) is 6.92 Å². The van der Waals surface area contributed by atoms with Crippen LogP contribution >= 0.6 is 11.6 Å². The van der Waals surface area contributed by atoms with Crippen LogP contribution in [0.1, 0.15) is 82.3 Å². The summed E-state index contributed by atoms with van der Waals surface area (Å²) in [7, 11) is 0. The molecule has 1 rings (SSSR count). The van der Waals surface area contributed by atoms with Gasteiger partial charge in [0.25, 0.3) is 0 Å².